The summed E-state index contributed by atoms with van der Waals surface area (Å²) < 4.78 is 8.65. The van der Waals surface area contributed by atoms with Crippen LogP contribution in [0.3, 0.4) is 0 Å². The standard InChI is InChI=1S/C25H19BrN4O.C2H6S/c1-3-4-7-17-10-11-21-19(12-17)23(18-8-5-6-9-20(18)26)29-16(2)25-24(28-14-30(21)25)22-13-27-15-31-22;1-3-2/h5-6,8-16H,3H2,1-2H3;1-2H3/t16-;/m1./s1. The average Bonchev–Trinajstić information content (AvgIpc) is 3.50. The van der Waals surface area contributed by atoms with E-state index in [1.807, 2.05) is 43.1 Å². The quantitative estimate of drug-likeness (QED) is 0.262. The molecule has 0 N–H and O–H groups in total. The Morgan fingerprint density at radius 1 is 1.15 bits per heavy atom. The lowest BCUT2D eigenvalue weighted by atomic mass is 9.98. The number of hydrogen-bond donors (Lipinski definition) is 0. The summed E-state index contributed by atoms with van der Waals surface area (Å²) in [7, 11) is 0. The number of nitrogens with zero attached hydrogens (tertiary/aromatic N) is 4. The van der Waals surface area contributed by atoms with Gasteiger partial charge < -0.3 is 4.42 Å². The molecule has 5 nitrogen and oxygen atoms in total. The Morgan fingerprint density at radius 2 is 1.94 bits per heavy atom. The minimum Gasteiger partial charge on any atom is -0.442 e. The molecule has 0 aliphatic carbocycles. The molecule has 2 aromatic heterocycles. The van der Waals surface area contributed by atoms with Crippen LogP contribution in [-0.4, -0.2) is 32.8 Å². The molecule has 0 bridgehead atoms. The molecule has 0 radical (unpaired) electrons. The van der Waals surface area contributed by atoms with E-state index in [1.165, 1.54) is 6.39 Å². The van der Waals surface area contributed by atoms with Gasteiger partial charge in [-0.1, -0.05) is 52.9 Å². The van der Waals surface area contributed by atoms with Gasteiger partial charge in [0.05, 0.1) is 29.3 Å². The number of rotatable bonds is 2. The lowest BCUT2D eigenvalue weighted by Gasteiger charge is -2.13. The van der Waals surface area contributed by atoms with Gasteiger partial charge in [-0.25, -0.2) is 9.97 Å². The number of thioether (sulfide) groups is 1. The predicted molar refractivity (Wildman–Crippen MR) is 144 cm³/mol. The fourth-order valence-corrected chi connectivity index (χ4v) is 4.34. The third-order valence-corrected chi connectivity index (χ3v) is 5.93. The predicted octanol–water partition coefficient (Wildman–Crippen LogP) is 6.94. The second-order valence-corrected chi connectivity index (χ2v) is 9.31. The Morgan fingerprint density at radius 3 is 2.65 bits per heavy atom. The fraction of sp³-hybridized carbons (Fsp3) is 0.222. The lowest BCUT2D eigenvalue weighted by Crippen LogP contribution is -2.08. The van der Waals surface area contributed by atoms with Crippen LogP contribution in [0.25, 0.3) is 17.1 Å². The number of aliphatic imine (C=N–C) groups is 1. The van der Waals surface area contributed by atoms with Crippen LogP contribution >= 0.6 is 27.7 Å². The topological polar surface area (TPSA) is 56.2 Å². The van der Waals surface area contributed by atoms with Crippen molar-refractivity contribution in [3.63, 3.8) is 0 Å². The number of aromatic nitrogens is 3. The minimum absolute atomic E-state index is 0.151. The smallest absolute Gasteiger partial charge is 0.181 e. The highest BCUT2D eigenvalue weighted by Crippen LogP contribution is 2.37. The third kappa shape index (κ3) is 4.75. The maximum absolute atomic E-state index is 5.55. The van der Waals surface area contributed by atoms with Crippen LogP contribution in [0, 0.1) is 11.8 Å². The summed E-state index contributed by atoms with van der Waals surface area (Å²) in [4.78, 5) is 13.9. The first-order valence-corrected chi connectivity index (χ1v) is 13.3. The zero-order valence-electron chi connectivity index (χ0n) is 19.5. The van der Waals surface area contributed by atoms with Crippen LogP contribution in [0.15, 0.2) is 75.3 Å². The zero-order chi connectivity index (χ0) is 24.1. The van der Waals surface area contributed by atoms with E-state index in [1.54, 1.807) is 18.0 Å². The first kappa shape index (κ1) is 24.1. The molecule has 0 unspecified atom stereocenters. The SMILES string of the molecule is CCC#Cc1ccc2c(c1)C(c1ccccc1Br)=N[C@H](C)c1c(-c3cnco3)ncn1-2.CSC. The van der Waals surface area contributed by atoms with Crippen LogP contribution < -0.4 is 0 Å². The van der Waals surface area contributed by atoms with E-state index in [2.05, 4.69) is 74.4 Å². The molecular weight excluding hydrogens is 508 g/mol. The number of benzene rings is 2. The van der Waals surface area contributed by atoms with Gasteiger partial charge in [-0.05, 0) is 43.7 Å². The van der Waals surface area contributed by atoms with Crippen molar-refractivity contribution in [3.8, 4) is 29.0 Å². The first-order chi connectivity index (χ1) is 16.6. The van der Waals surface area contributed by atoms with Crippen molar-refractivity contribution in [2.45, 2.75) is 26.3 Å². The van der Waals surface area contributed by atoms with E-state index in [0.717, 1.165) is 50.4 Å². The van der Waals surface area contributed by atoms with Crippen molar-refractivity contribution >= 4 is 33.4 Å². The minimum atomic E-state index is -0.151. The monoisotopic (exact) mass is 532 g/mol. The molecule has 3 heterocycles. The fourth-order valence-electron chi connectivity index (χ4n) is 3.87. The summed E-state index contributed by atoms with van der Waals surface area (Å²) in [5, 5.41) is 0. The van der Waals surface area contributed by atoms with Gasteiger partial charge in [0.2, 0.25) is 0 Å². The average molecular weight is 533 g/mol. The van der Waals surface area contributed by atoms with Gasteiger partial charge in [-0.2, -0.15) is 11.8 Å². The van der Waals surface area contributed by atoms with Gasteiger partial charge >= 0.3 is 0 Å². The molecule has 1 aliphatic heterocycles. The molecule has 0 spiro atoms. The van der Waals surface area contributed by atoms with Crippen LogP contribution in [-0.2, 0) is 0 Å². The Kier molecular flexibility index (Phi) is 7.71. The Hall–Kier alpha value is -3.08. The Balaban J connectivity index is 0.000000868. The van der Waals surface area contributed by atoms with Gasteiger partial charge in [0, 0.05) is 27.6 Å². The van der Waals surface area contributed by atoms with E-state index in [4.69, 9.17) is 9.41 Å². The number of imidazole rings is 1. The largest absolute Gasteiger partial charge is 0.442 e. The Labute approximate surface area is 212 Å². The van der Waals surface area contributed by atoms with Crippen molar-refractivity contribution in [3.05, 3.63) is 88.2 Å². The lowest BCUT2D eigenvalue weighted by molar-refractivity contribution is 0.568. The van der Waals surface area contributed by atoms with E-state index < -0.39 is 0 Å². The summed E-state index contributed by atoms with van der Waals surface area (Å²) in [5.74, 6) is 7.05. The number of hydrogen-bond acceptors (Lipinski definition) is 5. The number of oxazole rings is 1. The second kappa shape index (κ2) is 10.9. The van der Waals surface area contributed by atoms with Crippen molar-refractivity contribution in [2.24, 2.45) is 4.99 Å². The zero-order valence-corrected chi connectivity index (χ0v) is 21.9. The molecule has 5 rings (SSSR count). The maximum Gasteiger partial charge on any atom is 0.181 e. The van der Waals surface area contributed by atoms with Crippen LogP contribution in [0.1, 0.15) is 48.7 Å². The molecule has 0 fully saturated rings. The number of halogens is 1. The molecule has 1 atom stereocenters. The van der Waals surface area contributed by atoms with Gasteiger partial charge in [0.15, 0.2) is 12.2 Å². The summed E-state index contributed by atoms with van der Waals surface area (Å²) in [6.45, 7) is 4.13. The molecular formula is C27H25BrN4OS. The van der Waals surface area contributed by atoms with E-state index >= 15 is 0 Å². The van der Waals surface area contributed by atoms with Crippen molar-refractivity contribution in [1.82, 2.24) is 14.5 Å². The molecule has 4 aromatic rings. The summed E-state index contributed by atoms with van der Waals surface area (Å²) in [5.41, 5.74) is 6.66. The van der Waals surface area contributed by atoms with Crippen molar-refractivity contribution < 1.29 is 4.42 Å². The normalized spacial score (nSPS) is 13.9. The van der Waals surface area contributed by atoms with E-state index in [0.29, 0.717) is 5.76 Å². The molecule has 0 amide bonds. The molecule has 1 aliphatic rings. The second-order valence-electron chi connectivity index (χ2n) is 7.64. The number of fused-ring (bicyclic) bond motifs is 3. The molecule has 34 heavy (non-hydrogen) atoms. The molecule has 2 aromatic carbocycles. The molecule has 0 saturated heterocycles. The van der Waals surface area contributed by atoms with E-state index in [-0.39, 0.29) is 6.04 Å². The molecule has 7 heteroatoms. The van der Waals surface area contributed by atoms with Gasteiger partial charge in [-0.3, -0.25) is 9.56 Å². The van der Waals surface area contributed by atoms with E-state index in [9.17, 15) is 0 Å². The molecule has 0 saturated carbocycles. The first-order valence-electron chi connectivity index (χ1n) is 10.9. The summed E-state index contributed by atoms with van der Waals surface area (Å²) in [6, 6.07) is 14.3. The van der Waals surface area contributed by atoms with Crippen LogP contribution in [0.2, 0.25) is 0 Å². The highest BCUT2D eigenvalue weighted by atomic mass is 79.9. The maximum atomic E-state index is 5.55. The van der Waals surface area contributed by atoms with Crippen molar-refractivity contribution in [1.29, 1.82) is 0 Å². The third-order valence-electron chi connectivity index (χ3n) is 5.24. The van der Waals surface area contributed by atoms with Gasteiger partial charge in [0.25, 0.3) is 0 Å². The van der Waals surface area contributed by atoms with Gasteiger partial charge in [0.1, 0.15) is 12.0 Å². The highest BCUT2D eigenvalue weighted by molar-refractivity contribution is 9.10. The van der Waals surface area contributed by atoms with Crippen LogP contribution in [0.4, 0.5) is 0 Å². The van der Waals surface area contributed by atoms with Crippen molar-refractivity contribution in [2.75, 3.05) is 12.5 Å². The van der Waals surface area contributed by atoms with Crippen LogP contribution in [0.5, 0.6) is 0 Å². The summed E-state index contributed by atoms with van der Waals surface area (Å²) >= 11 is 5.46. The highest BCUT2D eigenvalue weighted by Gasteiger charge is 2.28. The Bertz CT molecular complexity index is 1380. The van der Waals surface area contributed by atoms with Gasteiger partial charge in [-0.15, -0.1) is 0 Å². The summed E-state index contributed by atoms with van der Waals surface area (Å²) in [6.07, 6.45) is 9.83. The molecule has 172 valence electrons.